The van der Waals surface area contributed by atoms with Crippen LogP contribution in [0.3, 0.4) is 0 Å². The summed E-state index contributed by atoms with van der Waals surface area (Å²) < 4.78 is 0. The Morgan fingerprint density at radius 3 is 2.77 bits per heavy atom. The topological polar surface area (TPSA) is 70.9 Å². The van der Waals surface area contributed by atoms with Gasteiger partial charge in [0.1, 0.15) is 10.6 Å². The van der Waals surface area contributed by atoms with Crippen molar-refractivity contribution in [2.75, 3.05) is 5.32 Å². The van der Waals surface area contributed by atoms with Crippen LogP contribution in [-0.4, -0.2) is 20.1 Å². The standard InChI is InChI=1S/C24H30N4OS/c1-15-6-5-7-19(11-15)24(4,29)22-26-14-21(30-22)18-10-16(2)12-20(13-18)28-23-25-9-8-17(3)27-23/h8-10,12-15,19,29H,5-7,11H2,1-4H3,(H,25,27,28)/t15-,19+,24-/m1/s1. The molecule has 2 heterocycles. The molecule has 3 aromatic rings. The molecule has 0 aliphatic heterocycles. The van der Waals surface area contributed by atoms with E-state index in [0.717, 1.165) is 45.2 Å². The highest BCUT2D eigenvalue weighted by Gasteiger charge is 2.38. The number of aliphatic hydroxyl groups is 1. The second kappa shape index (κ2) is 8.44. The Kier molecular flexibility index (Phi) is 5.89. The molecule has 1 aromatic carbocycles. The molecule has 1 fully saturated rings. The Morgan fingerprint density at radius 1 is 1.17 bits per heavy atom. The molecular formula is C24H30N4OS. The first-order valence-electron chi connectivity index (χ1n) is 10.7. The van der Waals surface area contributed by atoms with E-state index in [1.807, 2.05) is 26.1 Å². The second-order valence-corrected chi connectivity index (χ2v) is 9.91. The van der Waals surface area contributed by atoms with Crippen molar-refractivity contribution >= 4 is 23.0 Å². The molecule has 1 saturated carbocycles. The van der Waals surface area contributed by atoms with Gasteiger partial charge in [0, 0.05) is 23.8 Å². The van der Waals surface area contributed by atoms with E-state index in [1.165, 1.54) is 12.8 Å². The van der Waals surface area contributed by atoms with Gasteiger partial charge in [-0.2, -0.15) is 0 Å². The molecule has 0 spiro atoms. The molecule has 4 rings (SSSR count). The van der Waals surface area contributed by atoms with Gasteiger partial charge < -0.3 is 10.4 Å². The molecule has 0 bridgehead atoms. The summed E-state index contributed by atoms with van der Waals surface area (Å²) in [6.45, 7) is 8.25. The summed E-state index contributed by atoms with van der Waals surface area (Å²) in [4.78, 5) is 14.4. The lowest BCUT2D eigenvalue weighted by atomic mass is 9.74. The molecule has 6 heteroatoms. The van der Waals surface area contributed by atoms with E-state index in [1.54, 1.807) is 17.5 Å². The zero-order valence-corrected chi connectivity index (χ0v) is 19.0. The van der Waals surface area contributed by atoms with Crippen LogP contribution in [0.25, 0.3) is 10.4 Å². The first-order valence-corrected chi connectivity index (χ1v) is 11.5. The number of thiazole rings is 1. The van der Waals surface area contributed by atoms with Crippen molar-refractivity contribution in [2.45, 2.75) is 59.0 Å². The van der Waals surface area contributed by atoms with Gasteiger partial charge in [-0.3, -0.25) is 0 Å². The van der Waals surface area contributed by atoms with E-state index in [4.69, 9.17) is 0 Å². The Labute approximate surface area is 182 Å². The van der Waals surface area contributed by atoms with Crippen LogP contribution < -0.4 is 5.32 Å². The number of nitrogens with one attached hydrogen (secondary N) is 1. The Hall–Kier alpha value is -2.31. The Bertz CT molecular complexity index is 1030. The van der Waals surface area contributed by atoms with E-state index in [2.05, 4.69) is 52.3 Å². The van der Waals surface area contributed by atoms with Gasteiger partial charge in [-0.1, -0.05) is 25.8 Å². The Morgan fingerprint density at radius 2 is 2.00 bits per heavy atom. The maximum Gasteiger partial charge on any atom is 0.227 e. The third-order valence-corrected chi connectivity index (χ3v) is 7.36. The number of nitrogens with zero attached hydrogens (tertiary/aromatic N) is 3. The molecule has 1 aliphatic carbocycles. The van der Waals surface area contributed by atoms with E-state index >= 15 is 0 Å². The normalized spacial score (nSPS) is 21.2. The van der Waals surface area contributed by atoms with Crippen LogP contribution in [0.2, 0.25) is 0 Å². The van der Waals surface area contributed by atoms with Crippen molar-refractivity contribution < 1.29 is 5.11 Å². The monoisotopic (exact) mass is 422 g/mol. The smallest absolute Gasteiger partial charge is 0.227 e. The van der Waals surface area contributed by atoms with Crippen molar-refractivity contribution in [3.05, 3.63) is 52.9 Å². The van der Waals surface area contributed by atoms with Crippen LogP contribution in [0, 0.1) is 25.7 Å². The quantitative estimate of drug-likeness (QED) is 0.528. The molecular weight excluding hydrogens is 392 g/mol. The van der Waals surface area contributed by atoms with Crippen molar-refractivity contribution in [2.24, 2.45) is 11.8 Å². The number of aromatic nitrogens is 3. The lowest BCUT2D eigenvalue weighted by Gasteiger charge is -2.36. The lowest BCUT2D eigenvalue weighted by molar-refractivity contribution is -0.0295. The Balaban J connectivity index is 1.59. The van der Waals surface area contributed by atoms with Gasteiger partial charge in [-0.15, -0.1) is 11.3 Å². The maximum absolute atomic E-state index is 11.3. The number of hydrogen-bond donors (Lipinski definition) is 2. The highest BCUT2D eigenvalue weighted by molar-refractivity contribution is 7.15. The van der Waals surface area contributed by atoms with Crippen LogP contribution in [0.5, 0.6) is 0 Å². The predicted octanol–water partition coefficient (Wildman–Crippen LogP) is 5.99. The third kappa shape index (κ3) is 4.55. The minimum Gasteiger partial charge on any atom is -0.383 e. The van der Waals surface area contributed by atoms with Gasteiger partial charge in [0.2, 0.25) is 5.95 Å². The predicted molar refractivity (Wildman–Crippen MR) is 123 cm³/mol. The van der Waals surface area contributed by atoms with Gasteiger partial charge in [-0.25, -0.2) is 15.0 Å². The average molecular weight is 423 g/mol. The number of benzene rings is 1. The van der Waals surface area contributed by atoms with Crippen molar-refractivity contribution in [1.82, 2.24) is 15.0 Å². The number of hydrogen-bond acceptors (Lipinski definition) is 6. The third-order valence-electron chi connectivity index (χ3n) is 6.08. The van der Waals surface area contributed by atoms with Crippen LogP contribution in [0.1, 0.15) is 55.8 Å². The minimum absolute atomic E-state index is 0.272. The molecule has 0 amide bonds. The summed E-state index contributed by atoms with van der Waals surface area (Å²) >= 11 is 1.59. The fourth-order valence-corrected chi connectivity index (χ4v) is 5.42. The van der Waals surface area contributed by atoms with Crippen LogP contribution >= 0.6 is 11.3 Å². The van der Waals surface area contributed by atoms with E-state index in [0.29, 0.717) is 11.9 Å². The van der Waals surface area contributed by atoms with Crippen molar-refractivity contribution in [1.29, 1.82) is 0 Å². The first-order chi connectivity index (χ1) is 14.3. The molecule has 158 valence electrons. The molecule has 5 nitrogen and oxygen atoms in total. The lowest BCUT2D eigenvalue weighted by Crippen LogP contribution is -2.34. The van der Waals surface area contributed by atoms with Gasteiger partial charge >= 0.3 is 0 Å². The average Bonchev–Trinajstić information content (AvgIpc) is 3.19. The number of anilines is 2. The fraction of sp³-hybridized carbons (Fsp3) is 0.458. The highest BCUT2D eigenvalue weighted by Crippen LogP contribution is 2.43. The zero-order chi connectivity index (χ0) is 21.3. The van der Waals surface area contributed by atoms with E-state index < -0.39 is 5.60 Å². The molecule has 0 saturated heterocycles. The van der Waals surface area contributed by atoms with Crippen LogP contribution in [-0.2, 0) is 5.60 Å². The summed E-state index contributed by atoms with van der Waals surface area (Å²) in [5.41, 5.74) is 3.22. The number of aryl methyl sites for hydroxylation is 2. The van der Waals surface area contributed by atoms with Crippen molar-refractivity contribution in [3.8, 4) is 10.4 Å². The molecule has 2 aromatic heterocycles. The molecule has 2 N–H and O–H groups in total. The minimum atomic E-state index is -0.877. The summed E-state index contributed by atoms with van der Waals surface area (Å²) in [6, 6.07) is 8.20. The fourth-order valence-electron chi connectivity index (χ4n) is 4.40. The molecule has 1 aliphatic rings. The van der Waals surface area contributed by atoms with Gasteiger partial charge in [0.15, 0.2) is 0 Å². The summed E-state index contributed by atoms with van der Waals surface area (Å²) in [6.07, 6.45) is 8.24. The summed E-state index contributed by atoms with van der Waals surface area (Å²) in [5, 5.41) is 15.5. The highest BCUT2D eigenvalue weighted by atomic mass is 32.1. The van der Waals surface area contributed by atoms with Gasteiger partial charge in [0.05, 0.1) is 4.88 Å². The second-order valence-electron chi connectivity index (χ2n) is 8.88. The van der Waals surface area contributed by atoms with Gasteiger partial charge in [0.25, 0.3) is 0 Å². The first kappa shape index (κ1) is 20.9. The molecule has 30 heavy (non-hydrogen) atoms. The SMILES string of the molecule is Cc1cc(Nc2nccc(C)n2)cc(-c2cnc([C@](C)(O)[C@H]3CCC[C@@H](C)C3)s2)c1. The summed E-state index contributed by atoms with van der Waals surface area (Å²) in [5.74, 6) is 1.53. The van der Waals surface area contributed by atoms with Crippen molar-refractivity contribution in [3.63, 3.8) is 0 Å². The van der Waals surface area contributed by atoms with Gasteiger partial charge in [-0.05, 0) is 74.8 Å². The largest absolute Gasteiger partial charge is 0.383 e. The van der Waals surface area contributed by atoms with E-state index in [-0.39, 0.29) is 5.92 Å². The van der Waals surface area contributed by atoms with Crippen LogP contribution in [0.4, 0.5) is 11.6 Å². The molecule has 3 atom stereocenters. The maximum atomic E-state index is 11.3. The number of rotatable bonds is 5. The van der Waals surface area contributed by atoms with Crippen LogP contribution in [0.15, 0.2) is 36.7 Å². The van der Waals surface area contributed by atoms with E-state index in [9.17, 15) is 5.11 Å². The molecule has 0 radical (unpaired) electrons. The molecule has 0 unspecified atom stereocenters. The summed E-state index contributed by atoms with van der Waals surface area (Å²) in [7, 11) is 0. The zero-order valence-electron chi connectivity index (χ0n) is 18.1.